The summed E-state index contributed by atoms with van der Waals surface area (Å²) in [6.45, 7) is 1.76. The van der Waals surface area contributed by atoms with E-state index in [1.807, 2.05) is 0 Å². The molecule has 0 aromatic rings. The third kappa shape index (κ3) is 4.34. The van der Waals surface area contributed by atoms with Crippen LogP contribution in [0, 0.1) is 0 Å². The van der Waals surface area contributed by atoms with Gasteiger partial charge in [0.15, 0.2) is 0 Å². The molecule has 0 bridgehead atoms. The summed E-state index contributed by atoms with van der Waals surface area (Å²) in [7, 11) is 0. The smallest absolute Gasteiger partial charge is 0.0944 e. The summed E-state index contributed by atoms with van der Waals surface area (Å²) in [5.41, 5.74) is 0. The van der Waals surface area contributed by atoms with Crippen molar-refractivity contribution in [3.8, 4) is 0 Å². The minimum absolute atomic E-state index is 0.400. The maximum Gasteiger partial charge on any atom is 0.0944 e. The van der Waals surface area contributed by atoms with Gasteiger partial charge in [0.25, 0.3) is 0 Å². The summed E-state index contributed by atoms with van der Waals surface area (Å²) in [4.78, 5) is 0. The van der Waals surface area contributed by atoms with E-state index in [-0.39, 0.29) is 0 Å². The quantitative estimate of drug-likeness (QED) is 0.477. The second-order valence-corrected chi connectivity index (χ2v) is 2.84. The molecule has 2 aliphatic rings. The lowest BCUT2D eigenvalue weighted by Crippen LogP contribution is -1.80. The van der Waals surface area contributed by atoms with E-state index >= 15 is 0 Å². The van der Waals surface area contributed by atoms with Gasteiger partial charge in [-0.3, -0.25) is 0 Å². The molecule has 2 aliphatic heterocycles. The van der Waals surface area contributed by atoms with Crippen LogP contribution in [-0.4, -0.2) is 37.2 Å². The number of ether oxygens (including phenoxy) is 2. The minimum Gasteiger partial charge on any atom is -0.372 e. The Morgan fingerprint density at radius 2 is 1.30 bits per heavy atom. The lowest BCUT2D eigenvalue weighted by atomic mass is 10.6. The van der Waals surface area contributed by atoms with Crippen LogP contribution >= 0.6 is 23.2 Å². The molecule has 2 atom stereocenters. The molecule has 2 heterocycles. The predicted molar refractivity (Wildman–Crippen MR) is 40.9 cm³/mol. The number of hydrogen-bond donors (Lipinski definition) is 0. The van der Waals surface area contributed by atoms with E-state index in [0.717, 1.165) is 13.2 Å². The van der Waals surface area contributed by atoms with Crippen molar-refractivity contribution in [1.82, 2.24) is 0 Å². The first-order valence-corrected chi connectivity index (χ1v) is 4.29. The molecular weight excluding hydrogens is 175 g/mol. The van der Waals surface area contributed by atoms with Crippen molar-refractivity contribution in [2.24, 2.45) is 0 Å². The zero-order valence-electron chi connectivity index (χ0n) is 5.56. The number of hydrogen-bond acceptors (Lipinski definition) is 2. The monoisotopic (exact) mass is 184 g/mol. The van der Waals surface area contributed by atoms with E-state index in [1.54, 1.807) is 0 Å². The number of epoxide rings is 2. The fourth-order valence-electron chi connectivity index (χ4n) is 0.314. The van der Waals surface area contributed by atoms with Crippen LogP contribution in [0.5, 0.6) is 0 Å². The molecule has 0 amide bonds. The normalized spacial score (nSPS) is 34.2. The molecule has 0 radical (unpaired) electrons. The fourth-order valence-corrected chi connectivity index (χ4v) is 0.671. The first-order chi connectivity index (χ1) is 4.86. The van der Waals surface area contributed by atoms with Crippen LogP contribution in [0.2, 0.25) is 0 Å². The second kappa shape index (κ2) is 4.39. The maximum absolute atomic E-state index is 5.27. The predicted octanol–water partition coefficient (Wildman–Crippen LogP) is 1.25. The molecule has 2 rings (SSSR count). The topological polar surface area (TPSA) is 25.1 Å². The van der Waals surface area contributed by atoms with Gasteiger partial charge in [0.2, 0.25) is 0 Å². The van der Waals surface area contributed by atoms with E-state index in [2.05, 4.69) is 0 Å². The van der Waals surface area contributed by atoms with Crippen LogP contribution in [0.25, 0.3) is 0 Å². The van der Waals surface area contributed by atoms with E-state index in [0.29, 0.717) is 24.0 Å². The van der Waals surface area contributed by atoms with Crippen LogP contribution in [0.15, 0.2) is 0 Å². The highest BCUT2D eigenvalue weighted by atomic mass is 35.5. The van der Waals surface area contributed by atoms with Gasteiger partial charge in [-0.1, -0.05) is 0 Å². The zero-order chi connectivity index (χ0) is 7.40. The molecule has 0 saturated carbocycles. The van der Waals surface area contributed by atoms with Gasteiger partial charge < -0.3 is 9.47 Å². The van der Waals surface area contributed by atoms with E-state index in [9.17, 15) is 0 Å². The van der Waals surface area contributed by atoms with Crippen LogP contribution < -0.4 is 0 Å². The average molecular weight is 185 g/mol. The molecule has 4 heteroatoms. The molecule has 0 aromatic heterocycles. The minimum atomic E-state index is 0.400. The Morgan fingerprint density at radius 1 is 1.00 bits per heavy atom. The van der Waals surface area contributed by atoms with Crippen molar-refractivity contribution in [1.29, 1.82) is 0 Å². The summed E-state index contributed by atoms with van der Waals surface area (Å²) in [6, 6.07) is 0. The van der Waals surface area contributed by atoms with Crippen molar-refractivity contribution < 1.29 is 9.47 Å². The van der Waals surface area contributed by atoms with Gasteiger partial charge in [0.05, 0.1) is 37.2 Å². The molecule has 0 aromatic carbocycles. The van der Waals surface area contributed by atoms with Gasteiger partial charge in [-0.15, -0.1) is 23.2 Å². The SMILES string of the molecule is ClC[C@H]1CO1.ClC[C@H]1CO1. The third-order valence-electron chi connectivity index (χ3n) is 1.15. The molecule has 2 saturated heterocycles. The van der Waals surface area contributed by atoms with Gasteiger partial charge in [-0.2, -0.15) is 0 Å². The average Bonchev–Trinajstić information content (AvgIpc) is 2.86. The molecule has 0 aliphatic carbocycles. The fraction of sp³-hybridized carbons (Fsp3) is 1.00. The summed E-state index contributed by atoms with van der Waals surface area (Å²) >= 11 is 10.5. The molecule has 10 heavy (non-hydrogen) atoms. The van der Waals surface area contributed by atoms with Crippen molar-refractivity contribution in [2.45, 2.75) is 12.2 Å². The van der Waals surface area contributed by atoms with Gasteiger partial charge >= 0.3 is 0 Å². The Morgan fingerprint density at radius 3 is 1.30 bits per heavy atom. The summed E-state index contributed by atoms with van der Waals surface area (Å²) in [6.07, 6.45) is 0.799. The van der Waals surface area contributed by atoms with Crippen molar-refractivity contribution in [2.75, 3.05) is 25.0 Å². The van der Waals surface area contributed by atoms with Gasteiger partial charge in [0, 0.05) is 0 Å². The zero-order valence-corrected chi connectivity index (χ0v) is 7.07. The van der Waals surface area contributed by atoms with Crippen LogP contribution in [0.1, 0.15) is 0 Å². The van der Waals surface area contributed by atoms with E-state index < -0.39 is 0 Å². The Hall–Kier alpha value is 0.500. The molecule has 2 nitrogen and oxygen atoms in total. The molecule has 0 spiro atoms. The summed E-state index contributed by atoms with van der Waals surface area (Å²) in [5.74, 6) is 1.33. The molecule has 0 unspecified atom stereocenters. The number of alkyl halides is 2. The lowest BCUT2D eigenvalue weighted by Gasteiger charge is -1.67. The van der Waals surface area contributed by atoms with Crippen molar-refractivity contribution in [3.05, 3.63) is 0 Å². The highest BCUT2D eigenvalue weighted by molar-refractivity contribution is 6.18. The Bertz CT molecular complexity index is 79.7. The molecule has 0 N–H and O–H groups in total. The third-order valence-corrected chi connectivity index (χ3v) is 1.84. The first-order valence-electron chi connectivity index (χ1n) is 3.22. The Kier molecular flexibility index (Phi) is 3.78. The summed E-state index contributed by atoms with van der Waals surface area (Å²) < 4.78 is 9.45. The number of rotatable bonds is 2. The maximum atomic E-state index is 5.27. The standard InChI is InChI=1S/2C3H5ClO/c2*4-1-3-2-5-3/h2*3H,1-2H2/t2*3-/m00/s1. The molecule has 2 fully saturated rings. The van der Waals surface area contributed by atoms with Gasteiger partial charge in [-0.25, -0.2) is 0 Å². The van der Waals surface area contributed by atoms with Gasteiger partial charge in [-0.05, 0) is 0 Å². The van der Waals surface area contributed by atoms with E-state index in [4.69, 9.17) is 32.7 Å². The Labute approximate surface area is 70.4 Å². The molecular formula is C6H10Cl2O2. The van der Waals surface area contributed by atoms with Crippen molar-refractivity contribution in [3.63, 3.8) is 0 Å². The highest BCUT2D eigenvalue weighted by Crippen LogP contribution is 2.09. The highest BCUT2D eigenvalue weighted by Gasteiger charge is 2.20. The first kappa shape index (κ1) is 8.60. The van der Waals surface area contributed by atoms with Crippen LogP contribution in [0.3, 0.4) is 0 Å². The molecule has 60 valence electrons. The van der Waals surface area contributed by atoms with E-state index in [1.165, 1.54) is 0 Å². The largest absolute Gasteiger partial charge is 0.372 e. The summed E-state index contributed by atoms with van der Waals surface area (Å²) in [5, 5.41) is 0. The lowest BCUT2D eigenvalue weighted by molar-refractivity contribution is 0.425. The van der Waals surface area contributed by atoms with Gasteiger partial charge in [0.1, 0.15) is 0 Å². The second-order valence-electron chi connectivity index (χ2n) is 2.22. The van der Waals surface area contributed by atoms with Crippen LogP contribution in [0.4, 0.5) is 0 Å². The number of halogens is 2. The Balaban J connectivity index is 0.0000001000. The van der Waals surface area contributed by atoms with Crippen LogP contribution in [-0.2, 0) is 9.47 Å². The van der Waals surface area contributed by atoms with Crippen molar-refractivity contribution >= 4 is 23.2 Å².